The van der Waals surface area contributed by atoms with Gasteiger partial charge < -0.3 is 5.11 Å². The molecule has 0 unspecified atom stereocenters. The molecule has 0 amide bonds. The Morgan fingerprint density at radius 3 is 2.44 bits per heavy atom. The predicted octanol–water partition coefficient (Wildman–Crippen LogP) is 1.61. The zero-order valence-electron chi connectivity index (χ0n) is 14.5. The molecule has 4 rings (SSSR count). The zero-order valence-corrected chi connectivity index (χ0v) is 14.5. The van der Waals surface area contributed by atoms with Crippen LogP contribution in [0.15, 0.2) is 24.3 Å². The highest BCUT2D eigenvalue weighted by molar-refractivity contribution is 5.40. The van der Waals surface area contributed by atoms with Crippen LogP contribution in [-0.2, 0) is 19.4 Å². The number of aromatic nitrogens is 2. The lowest BCUT2D eigenvalue weighted by Crippen LogP contribution is -2.46. The summed E-state index contributed by atoms with van der Waals surface area (Å²) in [5.74, 6) is -0.214. The van der Waals surface area contributed by atoms with E-state index in [2.05, 4.69) is 9.80 Å². The smallest absolute Gasteiger partial charge is 0.123 e. The van der Waals surface area contributed by atoms with Crippen molar-refractivity contribution >= 4 is 0 Å². The second-order valence-corrected chi connectivity index (χ2v) is 6.96. The number of hydrogen-bond acceptors (Lipinski definition) is 4. The van der Waals surface area contributed by atoms with Gasteiger partial charge >= 0.3 is 0 Å². The minimum Gasteiger partial charge on any atom is -0.395 e. The Bertz CT molecular complexity index is 720. The monoisotopic (exact) mass is 344 g/mol. The van der Waals surface area contributed by atoms with Crippen LogP contribution in [0, 0.1) is 5.82 Å². The van der Waals surface area contributed by atoms with Gasteiger partial charge in [-0.2, -0.15) is 5.10 Å². The van der Waals surface area contributed by atoms with Gasteiger partial charge in [-0.25, -0.2) is 9.07 Å². The first-order chi connectivity index (χ1) is 12.2. The van der Waals surface area contributed by atoms with Crippen LogP contribution in [0.3, 0.4) is 0 Å². The fourth-order valence-corrected chi connectivity index (χ4v) is 3.96. The third-order valence-corrected chi connectivity index (χ3v) is 5.34. The van der Waals surface area contributed by atoms with Crippen LogP contribution in [0.25, 0.3) is 5.69 Å². The number of hydrogen-bond donors (Lipinski definition) is 1. The van der Waals surface area contributed by atoms with Crippen molar-refractivity contribution in [3.8, 4) is 5.69 Å². The molecule has 1 aliphatic heterocycles. The van der Waals surface area contributed by atoms with E-state index in [0.717, 1.165) is 57.8 Å². The van der Waals surface area contributed by atoms with Crippen LogP contribution in [0.4, 0.5) is 4.39 Å². The molecule has 0 saturated carbocycles. The molecule has 2 heterocycles. The summed E-state index contributed by atoms with van der Waals surface area (Å²) in [6, 6.07) is 6.60. The molecule has 25 heavy (non-hydrogen) atoms. The number of fused-ring (bicyclic) bond motifs is 1. The van der Waals surface area contributed by atoms with E-state index in [1.165, 1.54) is 35.5 Å². The van der Waals surface area contributed by atoms with E-state index in [1.807, 2.05) is 4.68 Å². The molecule has 1 N–H and O–H groups in total. The third-order valence-electron chi connectivity index (χ3n) is 5.34. The first-order valence-corrected chi connectivity index (χ1v) is 9.16. The van der Waals surface area contributed by atoms with Gasteiger partial charge in [-0.3, -0.25) is 9.80 Å². The summed E-state index contributed by atoms with van der Waals surface area (Å²) in [6.07, 6.45) is 3.31. The van der Waals surface area contributed by atoms with Crippen molar-refractivity contribution in [3.63, 3.8) is 0 Å². The fraction of sp³-hybridized carbons (Fsp3) is 0.526. The van der Waals surface area contributed by atoms with Gasteiger partial charge in [0.05, 0.1) is 18.0 Å². The average Bonchev–Trinajstić information content (AvgIpc) is 3.22. The quantitative estimate of drug-likeness (QED) is 0.895. The van der Waals surface area contributed by atoms with Gasteiger partial charge in [0.25, 0.3) is 0 Å². The van der Waals surface area contributed by atoms with Gasteiger partial charge in [0.15, 0.2) is 0 Å². The molecule has 0 bridgehead atoms. The summed E-state index contributed by atoms with van der Waals surface area (Å²) in [4.78, 5) is 4.75. The Hall–Kier alpha value is -1.76. The standard InChI is InChI=1S/C19H25FN4O/c20-15-4-6-16(7-5-15)24-19-3-1-2-17(19)18(21-24)14-23-10-8-22(9-11-23)12-13-25/h4-7,25H,1-3,8-14H2. The number of halogens is 1. The summed E-state index contributed by atoms with van der Waals surface area (Å²) in [5.41, 5.74) is 4.80. The maximum Gasteiger partial charge on any atom is 0.123 e. The van der Waals surface area contributed by atoms with Crippen LogP contribution in [0.1, 0.15) is 23.4 Å². The topological polar surface area (TPSA) is 44.5 Å². The van der Waals surface area contributed by atoms with E-state index in [0.29, 0.717) is 0 Å². The first-order valence-electron chi connectivity index (χ1n) is 9.16. The molecule has 134 valence electrons. The Morgan fingerprint density at radius 1 is 1.00 bits per heavy atom. The van der Waals surface area contributed by atoms with E-state index in [-0.39, 0.29) is 12.4 Å². The maximum atomic E-state index is 13.2. The molecule has 1 aliphatic carbocycles. The summed E-state index contributed by atoms with van der Waals surface area (Å²) in [5, 5.41) is 13.9. The molecule has 1 aromatic carbocycles. The predicted molar refractivity (Wildman–Crippen MR) is 94.3 cm³/mol. The first kappa shape index (κ1) is 16.7. The van der Waals surface area contributed by atoms with Crippen LogP contribution >= 0.6 is 0 Å². The summed E-state index contributed by atoms with van der Waals surface area (Å²) >= 11 is 0. The lowest BCUT2D eigenvalue weighted by Gasteiger charge is -2.34. The molecular formula is C19H25FN4O. The van der Waals surface area contributed by atoms with Crippen LogP contribution in [0.5, 0.6) is 0 Å². The molecule has 5 nitrogen and oxygen atoms in total. The highest BCUT2D eigenvalue weighted by Gasteiger charge is 2.25. The molecule has 0 spiro atoms. The number of piperazine rings is 1. The van der Waals surface area contributed by atoms with Crippen molar-refractivity contribution in [1.82, 2.24) is 19.6 Å². The largest absolute Gasteiger partial charge is 0.395 e. The molecule has 0 radical (unpaired) electrons. The zero-order chi connectivity index (χ0) is 17.2. The lowest BCUT2D eigenvalue weighted by atomic mass is 10.2. The lowest BCUT2D eigenvalue weighted by molar-refractivity contribution is 0.107. The number of aliphatic hydroxyl groups is 1. The molecule has 6 heteroatoms. The maximum absolute atomic E-state index is 13.2. The SMILES string of the molecule is OCCN1CCN(Cc2nn(-c3ccc(F)cc3)c3c2CCC3)CC1. The van der Waals surface area contributed by atoms with Gasteiger partial charge in [0.1, 0.15) is 5.82 Å². The van der Waals surface area contributed by atoms with E-state index < -0.39 is 0 Å². The minimum atomic E-state index is -0.214. The van der Waals surface area contributed by atoms with E-state index in [9.17, 15) is 4.39 Å². The van der Waals surface area contributed by atoms with Crippen molar-refractivity contribution in [2.75, 3.05) is 39.3 Å². The van der Waals surface area contributed by atoms with E-state index in [1.54, 1.807) is 12.1 Å². The Labute approximate surface area is 147 Å². The summed E-state index contributed by atoms with van der Waals surface area (Å²) in [6.45, 7) is 5.90. The van der Waals surface area contributed by atoms with Gasteiger partial charge in [0, 0.05) is 45.0 Å². The van der Waals surface area contributed by atoms with Gasteiger partial charge in [-0.1, -0.05) is 0 Å². The highest BCUT2D eigenvalue weighted by Crippen LogP contribution is 2.28. The van der Waals surface area contributed by atoms with E-state index >= 15 is 0 Å². The second-order valence-electron chi connectivity index (χ2n) is 6.96. The average molecular weight is 344 g/mol. The molecular weight excluding hydrogens is 319 g/mol. The Kier molecular flexibility index (Phi) is 4.83. The molecule has 1 saturated heterocycles. The summed E-state index contributed by atoms with van der Waals surface area (Å²) < 4.78 is 15.2. The fourth-order valence-electron chi connectivity index (χ4n) is 3.96. The van der Waals surface area contributed by atoms with Crippen LogP contribution in [-0.4, -0.2) is 64.0 Å². The number of β-amino-alcohol motifs (C(OH)–C–C–N with tert-alkyl or cyclic N) is 1. The van der Waals surface area contributed by atoms with Crippen molar-refractivity contribution in [1.29, 1.82) is 0 Å². The van der Waals surface area contributed by atoms with Crippen LogP contribution < -0.4 is 0 Å². The molecule has 0 atom stereocenters. The Balaban J connectivity index is 1.51. The number of nitrogens with zero attached hydrogens (tertiary/aromatic N) is 4. The normalized spacial score (nSPS) is 18.6. The second kappa shape index (κ2) is 7.23. The number of rotatable bonds is 5. The van der Waals surface area contributed by atoms with Gasteiger partial charge in [-0.05, 0) is 49.1 Å². The van der Waals surface area contributed by atoms with Gasteiger partial charge in [0.2, 0.25) is 0 Å². The number of aliphatic hydroxyl groups excluding tert-OH is 1. The van der Waals surface area contributed by atoms with Crippen molar-refractivity contribution in [2.45, 2.75) is 25.8 Å². The Morgan fingerprint density at radius 2 is 1.72 bits per heavy atom. The molecule has 1 aromatic heterocycles. The summed E-state index contributed by atoms with van der Waals surface area (Å²) in [7, 11) is 0. The third kappa shape index (κ3) is 3.47. The minimum absolute atomic E-state index is 0.214. The molecule has 1 fully saturated rings. The van der Waals surface area contributed by atoms with Crippen molar-refractivity contribution in [3.05, 3.63) is 47.0 Å². The van der Waals surface area contributed by atoms with Crippen LogP contribution in [0.2, 0.25) is 0 Å². The molecule has 2 aromatic rings. The van der Waals surface area contributed by atoms with Gasteiger partial charge in [-0.15, -0.1) is 0 Å². The van der Waals surface area contributed by atoms with Crippen molar-refractivity contribution in [2.24, 2.45) is 0 Å². The highest BCUT2D eigenvalue weighted by atomic mass is 19.1. The van der Waals surface area contributed by atoms with E-state index in [4.69, 9.17) is 10.2 Å². The van der Waals surface area contributed by atoms with Crippen molar-refractivity contribution < 1.29 is 9.50 Å². The number of benzene rings is 1. The molecule has 2 aliphatic rings.